The molecule has 3 N–H and O–H groups in total. The smallest absolute Gasteiger partial charge is 0.240 e. The average molecular weight is 443 g/mol. The molecule has 0 aliphatic rings. The summed E-state index contributed by atoms with van der Waals surface area (Å²) in [6.07, 6.45) is 1.72. The highest BCUT2D eigenvalue weighted by Crippen LogP contribution is 2.26. The Morgan fingerprint density at radius 3 is 2.32 bits per heavy atom. The van der Waals surface area contributed by atoms with Gasteiger partial charge < -0.3 is 15.4 Å². The van der Waals surface area contributed by atoms with Crippen molar-refractivity contribution < 1.29 is 13.2 Å². The van der Waals surface area contributed by atoms with E-state index in [1.54, 1.807) is 44.5 Å². The molecule has 0 saturated carbocycles. The number of rotatable bonds is 9. The summed E-state index contributed by atoms with van der Waals surface area (Å²) in [5.74, 6) is 2.45. The maximum Gasteiger partial charge on any atom is 0.240 e. The molecule has 2 heterocycles. The number of hydrogen-bond acceptors (Lipinski definition) is 8. The van der Waals surface area contributed by atoms with Crippen molar-refractivity contribution >= 4 is 27.5 Å². The molecule has 0 bridgehead atoms. The minimum atomic E-state index is -3.64. The highest BCUT2D eigenvalue weighted by molar-refractivity contribution is 7.89. The largest absolute Gasteiger partial charge is 0.496 e. The first kappa shape index (κ1) is 22.4. The first-order chi connectivity index (χ1) is 14.8. The predicted octanol–water partition coefficient (Wildman–Crippen LogP) is 2.94. The fourth-order valence-corrected chi connectivity index (χ4v) is 4.30. The number of methoxy groups -OCH3 is 1. The molecule has 10 heteroatoms. The molecule has 3 rings (SSSR count). The van der Waals surface area contributed by atoms with Crippen molar-refractivity contribution in [3.63, 3.8) is 0 Å². The van der Waals surface area contributed by atoms with E-state index >= 15 is 0 Å². The number of benzene rings is 1. The summed E-state index contributed by atoms with van der Waals surface area (Å²) in [6, 6.07) is 10.6. The van der Waals surface area contributed by atoms with Gasteiger partial charge in [-0.2, -0.15) is 0 Å². The van der Waals surface area contributed by atoms with Gasteiger partial charge in [0.1, 0.15) is 17.4 Å². The Kier molecular flexibility index (Phi) is 7.03. The van der Waals surface area contributed by atoms with Gasteiger partial charge in [-0.15, -0.1) is 10.2 Å². The van der Waals surface area contributed by atoms with Crippen molar-refractivity contribution in [1.82, 2.24) is 19.9 Å². The molecule has 0 spiro atoms. The zero-order valence-electron chi connectivity index (χ0n) is 17.9. The molecule has 0 atom stereocenters. The van der Waals surface area contributed by atoms with Gasteiger partial charge in [0.15, 0.2) is 5.82 Å². The number of nitrogens with zero attached hydrogens (tertiary/aromatic N) is 3. The van der Waals surface area contributed by atoms with Crippen LogP contribution in [0.25, 0.3) is 0 Å². The van der Waals surface area contributed by atoms with Crippen LogP contribution in [0, 0.1) is 20.8 Å². The maximum atomic E-state index is 12.6. The normalized spacial score (nSPS) is 11.2. The Bertz CT molecular complexity index is 1150. The van der Waals surface area contributed by atoms with Crippen molar-refractivity contribution in [1.29, 1.82) is 0 Å². The lowest BCUT2D eigenvalue weighted by Gasteiger charge is -2.14. The van der Waals surface area contributed by atoms with Crippen molar-refractivity contribution in [2.45, 2.75) is 25.7 Å². The fourth-order valence-electron chi connectivity index (χ4n) is 2.97. The highest BCUT2D eigenvalue weighted by Gasteiger charge is 2.19. The second-order valence-corrected chi connectivity index (χ2v) is 8.72. The Balaban J connectivity index is 1.53. The Hall–Kier alpha value is -3.24. The molecule has 0 saturated heterocycles. The van der Waals surface area contributed by atoms with Crippen molar-refractivity contribution in [2.75, 3.05) is 30.8 Å². The van der Waals surface area contributed by atoms with Crippen LogP contribution in [0.1, 0.15) is 16.7 Å². The Morgan fingerprint density at radius 2 is 1.65 bits per heavy atom. The van der Waals surface area contributed by atoms with E-state index in [1.807, 2.05) is 26.0 Å². The molecule has 0 unspecified atom stereocenters. The quantitative estimate of drug-likeness (QED) is 0.433. The topological polar surface area (TPSA) is 118 Å². The van der Waals surface area contributed by atoms with E-state index < -0.39 is 10.0 Å². The van der Waals surface area contributed by atoms with Gasteiger partial charge in [-0.1, -0.05) is 0 Å². The lowest BCUT2D eigenvalue weighted by molar-refractivity contribution is 0.410. The fraction of sp³-hybridized carbons (Fsp3) is 0.286. The van der Waals surface area contributed by atoms with Crippen LogP contribution >= 0.6 is 0 Å². The Labute approximate surface area is 182 Å². The highest BCUT2D eigenvalue weighted by atomic mass is 32.2. The summed E-state index contributed by atoms with van der Waals surface area (Å²) in [7, 11) is -2.08. The number of hydrogen-bond donors (Lipinski definition) is 3. The number of nitrogens with one attached hydrogen (secondary N) is 3. The van der Waals surface area contributed by atoms with E-state index in [0.717, 1.165) is 11.1 Å². The lowest BCUT2D eigenvalue weighted by Crippen LogP contribution is -2.29. The maximum absolute atomic E-state index is 12.6. The molecule has 0 aliphatic heterocycles. The third-order valence-electron chi connectivity index (χ3n) is 4.76. The van der Waals surface area contributed by atoms with Gasteiger partial charge in [-0.05, 0) is 73.9 Å². The summed E-state index contributed by atoms with van der Waals surface area (Å²) in [6.45, 7) is 6.13. The van der Waals surface area contributed by atoms with Gasteiger partial charge in [-0.25, -0.2) is 18.1 Å². The van der Waals surface area contributed by atoms with E-state index in [0.29, 0.717) is 35.3 Å². The van der Waals surface area contributed by atoms with Crippen molar-refractivity contribution in [3.05, 3.63) is 59.3 Å². The summed E-state index contributed by atoms with van der Waals surface area (Å²) in [4.78, 5) is 4.46. The first-order valence-electron chi connectivity index (χ1n) is 9.71. The summed E-state index contributed by atoms with van der Waals surface area (Å²) in [5.41, 5.74) is 2.55. The lowest BCUT2D eigenvalue weighted by atomic mass is 10.1. The third kappa shape index (κ3) is 5.68. The van der Waals surface area contributed by atoms with E-state index in [4.69, 9.17) is 4.74 Å². The summed E-state index contributed by atoms with van der Waals surface area (Å²) in [5, 5.41) is 14.3. The second-order valence-electron chi connectivity index (χ2n) is 6.99. The Morgan fingerprint density at radius 1 is 0.903 bits per heavy atom. The number of sulfonamides is 1. The van der Waals surface area contributed by atoms with Gasteiger partial charge >= 0.3 is 0 Å². The monoisotopic (exact) mass is 442 g/mol. The van der Waals surface area contributed by atoms with E-state index in [2.05, 4.69) is 30.5 Å². The standard InChI is InChI=1S/C21H26N6O3S/c1-14-9-10-22-21(13-14)25-20-8-7-19(26-27-20)23-11-12-24-31(28,29)18-6-5-17(30-4)15(2)16(18)3/h5-10,13,24H,11-12H2,1-4H3,(H,23,26)(H,22,25,27). The minimum Gasteiger partial charge on any atom is -0.496 e. The van der Waals surface area contributed by atoms with Gasteiger partial charge in [0.25, 0.3) is 0 Å². The number of ether oxygens (including phenoxy) is 1. The SMILES string of the molecule is COc1ccc(S(=O)(=O)NCCNc2ccc(Nc3cc(C)ccn3)nn2)c(C)c1C. The molecular weight excluding hydrogens is 416 g/mol. The summed E-state index contributed by atoms with van der Waals surface area (Å²) < 4.78 is 33.1. The molecule has 1 aromatic carbocycles. The van der Waals surface area contributed by atoms with Crippen LogP contribution < -0.4 is 20.1 Å². The molecule has 9 nitrogen and oxygen atoms in total. The van der Waals surface area contributed by atoms with Crippen LogP contribution in [-0.2, 0) is 10.0 Å². The van der Waals surface area contributed by atoms with Crippen LogP contribution in [-0.4, -0.2) is 43.8 Å². The predicted molar refractivity (Wildman–Crippen MR) is 120 cm³/mol. The van der Waals surface area contributed by atoms with Crippen LogP contribution in [0.15, 0.2) is 47.5 Å². The van der Waals surface area contributed by atoms with Gasteiger partial charge in [0.2, 0.25) is 10.0 Å². The molecule has 0 fully saturated rings. The second kappa shape index (κ2) is 9.71. The number of aromatic nitrogens is 3. The van der Waals surface area contributed by atoms with Gasteiger partial charge in [0, 0.05) is 19.3 Å². The zero-order valence-corrected chi connectivity index (χ0v) is 18.7. The van der Waals surface area contributed by atoms with Gasteiger partial charge in [0.05, 0.1) is 12.0 Å². The van der Waals surface area contributed by atoms with Crippen molar-refractivity contribution in [2.24, 2.45) is 0 Å². The average Bonchev–Trinajstić information content (AvgIpc) is 2.74. The first-order valence-corrected chi connectivity index (χ1v) is 11.2. The molecule has 31 heavy (non-hydrogen) atoms. The van der Waals surface area contributed by atoms with Crippen LogP contribution in [0.3, 0.4) is 0 Å². The van der Waals surface area contributed by atoms with E-state index in [1.165, 1.54) is 0 Å². The number of pyridine rings is 1. The van der Waals surface area contributed by atoms with Crippen LogP contribution in [0.5, 0.6) is 5.75 Å². The molecule has 0 radical (unpaired) electrons. The zero-order chi connectivity index (χ0) is 22.4. The molecule has 164 valence electrons. The number of aryl methyl sites for hydroxylation is 1. The van der Waals surface area contributed by atoms with Crippen molar-refractivity contribution in [3.8, 4) is 5.75 Å². The molecule has 3 aromatic rings. The van der Waals surface area contributed by atoms with E-state index in [9.17, 15) is 8.42 Å². The molecular formula is C21H26N6O3S. The van der Waals surface area contributed by atoms with Gasteiger partial charge in [-0.3, -0.25) is 0 Å². The molecule has 0 amide bonds. The molecule has 0 aliphatic carbocycles. The minimum absolute atomic E-state index is 0.196. The third-order valence-corrected chi connectivity index (χ3v) is 6.36. The van der Waals surface area contributed by atoms with Crippen LogP contribution in [0.2, 0.25) is 0 Å². The van der Waals surface area contributed by atoms with E-state index in [-0.39, 0.29) is 11.4 Å². The molecule has 2 aromatic heterocycles. The van der Waals surface area contributed by atoms with Crippen LogP contribution in [0.4, 0.5) is 17.5 Å². The number of anilines is 3. The summed E-state index contributed by atoms with van der Waals surface area (Å²) >= 11 is 0.